The van der Waals surface area contributed by atoms with Gasteiger partial charge in [-0.2, -0.15) is 10.4 Å². The second-order valence-electron chi connectivity index (χ2n) is 4.55. The molecular formula is C14H23BrN4O. The van der Waals surface area contributed by atoms with Crippen LogP contribution in [0.1, 0.15) is 31.7 Å². The second-order valence-corrected chi connectivity index (χ2v) is 5.35. The Morgan fingerprint density at radius 3 is 2.70 bits per heavy atom. The molecule has 0 spiro atoms. The van der Waals surface area contributed by atoms with Crippen molar-refractivity contribution in [3.63, 3.8) is 0 Å². The fraction of sp³-hybridized carbons (Fsp3) is 0.714. The first-order chi connectivity index (χ1) is 9.67. The van der Waals surface area contributed by atoms with E-state index >= 15 is 0 Å². The first-order valence-corrected chi connectivity index (χ1v) is 7.79. The summed E-state index contributed by atoms with van der Waals surface area (Å²) in [7, 11) is 1.70. The van der Waals surface area contributed by atoms with Gasteiger partial charge in [-0.1, -0.05) is 6.92 Å². The van der Waals surface area contributed by atoms with Gasteiger partial charge in [0.2, 0.25) is 0 Å². The molecule has 20 heavy (non-hydrogen) atoms. The van der Waals surface area contributed by atoms with Crippen molar-refractivity contribution in [2.24, 2.45) is 0 Å². The van der Waals surface area contributed by atoms with Crippen LogP contribution in [0.25, 0.3) is 0 Å². The lowest BCUT2D eigenvalue weighted by molar-refractivity contribution is 0.143. The maximum Gasteiger partial charge on any atom is 0.0767 e. The van der Waals surface area contributed by atoms with Gasteiger partial charge in [-0.05, 0) is 29.3 Å². The largest absolute Gasteiger partial charge is 0.383 e. The third-order valence-electron chi connectivity index (χ3n) is 3.22. The normalized spacial score (nSPS) is 11.0. The maximum atomic E-state index is 8.77. The number of aromatic nitrogens is 2. The Balaban J connectivity index is 2.85. The number of nitrogens with zero attached hydrogens (tertiary/aromatic N) is 4. The standard InChI is InChI=1S/C14H23BrN4O/c1-4-12-14(15)13(19(5-2)17-12)11-18(8-6-7-16)9-10-20-3/h4-6,8-11H2,1-3H3. The van der Waals surface area contributed by atoms with Crippen molar-refractivity contribution >= 4 is 15.9 Å². The summed E-state index contributed by atoms with van der Waals surface area (Å²) in [6.07, 6.45) is 1.44. The molecule has 1 rings (SSSR count). The quantitative estimate of drug-likeness (QED) is 0.692. The minimum atomic E-state index is 0.530. The van der Waals surface area contributed by atoms with E-state index in [9.17, 15) is 0 Å². The van der Waals surface area contributed by atoms with Crippen molar-refractivity contribution in [3.05, 3.63) is 15.9 Å². The van der Waals surface area contributed by atoms with Gasteiger partial charge < -0.3 is 4.74 Å². The summed E-state index contributed by atoms with van der Waals surface area (Å²) in [6.45, 7) is 8.08. The smallest absolute Gasteiger partial charge is 0.0767 e. The molecule has 0 aliphatic carbocycles. The Kier molecular flexibility index (Phi) is 7.82. The van der Waals surface area contributed by atoms with Crippen LogP contribution in [-0.2, 0) is 24.2 Å². The lowest BCUT2D eigenvalue weighted by Gasteiger charge is -2.21. The lowest BCUT2D eigenvalue weighted by Crippen LogP contribution is -2.29. The van der Waals surface area contributed by atoms with Gasteiger partial charge in [-0.3, -0.25) is 9.58 Å². The first-order valence-electron chi connectivity index (χ1n) is 7.00. The molecule has 112 valence electrons. The molecule has 0 N–H and O–H groups in total. The van der Waals surface area contributed by atoms with Gasteiger partial charge in [0, 0.05) is 39.7 Å². The fourth-order valence-electron chi connectivity index (χ4n) is 2.08. The lowest BCUT2D eigenvalue weighted by atomic mass is 10.2. The van der Waals surface area contributed by atoms with Crippen molar-refractivity contribution in [3.8, 4) is 6.07 Å². The molecule has 0 aliphatic heterocycles. The Labute approximate surface area is 129 Å². The van der Waals surface area contributed by atoms with E-state index in [-0.39, 0.29) is 0 Å². The van der Waals surface area contributed by atoms with E-state index in [0.717, 1.165) is 42.8 Å². The van der Waals surface area contributed by atoms with Gasteiger partial charge in [-0.25, -0.2) is 0 Å². The van der Waals surface area contributed by atoms with E-state index in [2.05, 4.69) is 45.8 Å². The van der Waals surface area contributed by atoms with Crippen LogP contribution in [0.3, 0.4) is 0 Å². The van der Waals surface area contributed by atoms with Gasteiger partial charge in [0.25, 0.3) is 0 Å². The highest BCUT2D eigenvalue weighted by Gasteiger charge is 2.16. The van der Waals surface area contributed by atoms with Gasteiger partial charge in [0.1, 0.15) is 0 Å². The molecule has 0 aromatic carbocycles. The van der Waals surface area contributed by atoms with Crippen LogP contribution in [0.2, 0.25) is 0 Å². The molecule has 0 bridgehead atoms. The number of ether oxygens (including phenoxy) is 1. The monoisotopic (exact) mass is 342 g/mol. The number of aryl methyl sites for hydroxylation is 2. The topological polar surface area (TPSA) is 54.1 Å². The number of hydrogen-bond donors (Lipinski definition) is 0. The van der Waals surface area contributed by atoms with Crippen molar-refractivity contribution in [2.45, 2.75) is 39.8 Å². The van der Waals surface area contributed by atoms with Gasteiger partial charge >= 0.3 is 0 Å². The summed E-state index contributed by atoms with van der Waals surface area (Å²) < 4.78 is 8.28. The van der Waals surface area contributed by atoms with Crippen molar-refractivity contribution < 1.29 is 4.74 Å². The van der Waals surface area contributed by atoms with Crippen molar-refractivity contribution in [1.29, 1.82) is 5.26 Å². The highest BCUT2D eigenvalue weighted by atomic mass is 79.9. The van der Waals surface area contributed by atoms with E-state index in [1.807, 2.05) is 4.68 Å². The van der Waals surface area contributed by atoms with Crippen LogP contribution >= 0.6 is 15.9 Å². The molecule has 0 aliphatic rings. The third-order valence-corrected chi connectivity index (χ3v) is 4.13. The van der Waals surface area contributed by atoms with Gasteiger partial charge in [-0.15, -0.1) is 0 Å². The molecule has 1 aromatic rings. The van der Waals surface area contributed by atoms with Gasteiger partial charge in [0.05, 0.1) is 28.5 Å². The minimum Gasteiger partial charge on any atom is -0.383 e. The fourth-order valence-corrected chi connectivity index (χ4v) is 2.77. The van der Waals surface area contributed by atoms with Crippen LogP contribution < -0.4 is 0 Å². The molecule has 0 saturated heterocycles. The molecule has 5 nitrogen and oxygen atoms in total. The van der Waals surface area contributed by atoms with E-state index in [0.29, 0.717) is 13.0 Å². The van der Waals surface area contributed by atoms with Crippen LogP contribution in [0.5, 0.6) is 0 Å². The molecule has 1 heterocycles. The van der Waals surface area contributed by atoms with E-state index in [1.54, 1.807) is 7.11 Å². The van der Waals surface area contributed by atoms with Gasteiger partial charge in [0.15, 0.2) is 0 Å². The number of hydrogen-bond acceptors (Lipinski definition) is 4. The molecule has 1 aromatic heterocycles. The van der Waals surface area contributed by atoms with E-state index in [4.69, 9.17) is 10.00 Å². The van der Waals surface area contributed by atoms with Crippen LogP contribution in [-0.4, -0.2) is 41.5 Å². The summed E-state index contributed by atoms with van der Waals surface area (Å²) in [5, 5.41) is 13.4. The highest BCUT2D eigenvalue weighted by molar-refractivity contribution is 9.10. The molecule has 0 unspecified atom stereocenters. The number of methoxy groups -OCH3 is 1. The van der Waals surface area contributed by atoms with Crippen LogP contribution in [0.4, 0.5) is 0 Å². The Morgan fingerprint density at radius 2 is 2.15 bits per heavy atom. The summed E-state index contributed by atoms with van der Waals surface area (Å²) in [5.41, 5.74) is 2.27. The first kappa shape index (κ1) is 17.2. The van der Waals surface area contributed by atoms with E-state index in [1.165, 1.54) is 5.69 Å². The zero-order valence-electron chi connectivity index (χ0n) is 12.5. The van der Waals surface area contributed by atoms with Crippen molar-refractivity contribution in [2.75, 3.05) is 26.8 Å². The average molecular weight is 343 g/mol. The summed E-state index contributed by atoms with van der Waals surface area (Å²) in [4.78, 5) is 2.24. The summed E-state index contributed by atoms with van der Waals surface area (Å²) >= 11 is 3.66. The Morgan fingerprint density at radius 1 is 1.40 bits per heavy atom. The SMILES string of the molecule is CCc1nn(CC)c(CN(CCC#N)CCOC)c1Br. The maximum absolute atomic E-state index is 8.77. The third kappa shape index (κ3) is 4.58. The molecule has 0 amide bonds. The molecule has 0 radical (unpaired) electrons. The second kappa shape index (κ2) is 9.11. The van der Waals surface area contributed by atoms with Crippen LogP contribution in [0.15, 0.2) is 4.47 Å². The average Bonchev–Trinajstić information content (AvgIpc) is 2.77. The predicted octanol–water partition coefficient (Wildman–Crippen LogP) is 2.59. The minimum absolute atomic E-state index is 0.530. The number of nitriles is 1. The molecule has 6 heteroatoms. The van der Waals surface area contributed by atoms with E-state index < -0.39 is 0 Å². The Bertz CT molecular complexity index is 453. The number of halogens is 1. The molecule has 0 fully saturated rings. The van der Waals surface area contributed by atoms with Crippen LogP contribution in [0, 0.1) is 11.3 Å². The Hall–Kier alpha value is -0.900. The molecule has 0 atom stereocenters. The zero-order valence-corrected chi connectivity index (χ0v) is 14.1. The summed E-state index contributed by atoms with van der Waals surface area (Å²) in [5.74, 6) is 0. The van der Waals surface area contributed by atoms with Crippen molar-refractivity contribution in [1.82, 2.24) is 14.7 Å². The number of rotatable bonds is 9. The molecule has 0 saturated carbocycles. The zero-order chi connectivity index (χ0) is 15.0. The highest BCUT2D eigenvalue weighted by Crippen LogP contribution is 2.23. The predicted molar refractivity (Wildman–Crippen MR) is 82.4 cm³/mol. The summed E-state index contributed by atoms with van der Waals surface area (Å²) in [6, 6.07) is 2.20. The molecular weight excluding hydrogens is 320 g/mol.